The van der Waals surface area contributed by atoms with Gasteiger partial charge in [-0.3, -0.25) is 4.79 Å². The molecule has 0 unspecified atom stereocenters. The first-order chi connectivity index (χ1) is 13.0. The largest absolute Gasteiger partial charge is 0.497 e. The molecule has 27 heavy (non-hydrogen) atoms. The summed E-state index contributed by atoms with van der Waals surface area (Å²) in [6.07, 6.45) is -0.131. The van der Waals surface area contributed by atoms with Crippen LogP contribution in [0.1, 0.15) is 27.6 Å². The fourth-order valence-corrected chi connectivity index (χ4v) is 4.66. The maximum atomic E-state index is 13.2. The third-order valence-corrected chi connectivity index (χ3v) is 6.52. The van der Waals surface area contributed by atoms with Crippen molar-refractivity contribution >= 4 is 15.6 Å². The summed E-state index contributed by atoms with van der Waals surface area (Å²) in [6, 6.07) is 23.8. The molecule has 0 aliphatic heterocycles. The zero-order valence-electron chi connectivity index (χ0n) is 14.9. The summed E-state index contributed by atoms with van der Waals surface area (Å²) in [4.78, 5) is 13.0. The Bertz CT molecular complexity index is 995. The van der Waals surface area contributed by atoms with E-state index in [1.54, 1.807) is 86.0 Å². The molecular formula is C22H20O4S. The summed E-state index contributed by atoms with van der Waals surface area (Å²) in [7, 11) is -2.17. The highest BCUT2D eigenvalue weighted by atomic mass is 32.2. The van der Waals surface area contributed by atoms with Crippen LogP contribution in [0.5, 0.6) is 5.75 Å². The predicted molar refractivity (Wildman–Crippen MR) is 105 cm³/mol. The minimum absolute atomic E-state index is 0.131. The quantitative estimate of drug-likeness (QED) is 0.567. The van der Waals surface area contributed by atoms with Gasteiger partial charge in [-0.1, -0.05) is 48.5 Å². The van der Waals surface area contributed by atoms with Crippen LogP contribution in [0.2, 0.25) is 0 Å². The van der Waals surface area contributed by atoms with Crippen molar-refractivity contribution in [1.29, 1.82) is 0 Å². The molecule has 0 fully saturated rings. The molecule has 4 nitrogen and oxygen atoms in total. The minimum atomic E-state index is -3.72. The molecule has 0 spiro atoms. The Hall–Kier alpha value is -2.92. The van der Waals surface area contributed by atoms with Gasteiger partial charge >= 0.3 is 0 Å². The fraction of sp³-hybridized carbons (Fsp3) is 0.136. The van der Waals surface area contributed by atoms with Crippen molar-refractivity contribution in [1.82, 2.24) is 0 Å². The van der Waals surface area contributed by atoms with Gasteiger partial charge in [0.2, 0.25) is 0 Å². The number of carbonyl (C=O) groups excluding carboxylic acids is 1. The van der Waals surface area contributed by atoms with Gasteiger partial charge in [-0.2, -0.15) is 0 Å². The van der Waals surface area contributed by atoms with E-state index in [0.717, 1.165) is 0 Å². The molecule has 3 aromatic carbocycles. The van der Waals surface area contributed by atoms with E-state index in [1.807, 2.05) is 6.07 Å². The number of rotatable bonds is 7. The van der Waals surface area contributed by atoms with Crippen LogP contribution in [0.25, 0.3) is 0 Å². The highest BCUT2D eigenvalue weighted by Gasteiger charge is 2.31. The third-order valence-electron chi connectivity index (χ3n) is 4.40. The first-order valence-electron chi connectivity index (χ1n) is 8.53. The van der Waals surface area contributed by atoms with Crippen LogP contribution in [-0.2, 0) is 9.84 Å². The van der Waals surface area contributed by atoms with E-state index < -0.39 is 15.1 Å². The van der Waals surface area contributed by atoms with E-state index >= 15 is 0 Å². The molecule has 0 aromatic heterocycles. The number of Topliss-reactive ketones (excluding diaryl/α,β-unsaturated/α-hetero) is 1. The maximum Gasteiger partial charge on any atom is 0.185 e. The Kier molecular flexibility index (Phi) is 5.72. The summed E-state index contributed by atoms with van der Waals surface area (Å²) in [6.45, 7) is 0. The van der Waals surface area contributed by atoms with E-state index in [9.17, 15) is 13.2 Å². The molecule has 0 heterocycles. The molecule has 3 rings (SSSR count). The molecule has 1 atom stereocenters. The maximum absolute atomic E-state index is 13.2. The van der Waals surface area contributed by atoms with Gasteiger partial charge in [0.1, 0.15) is 5.75 Å². The molecule has 0 saturated heterocycles. The summed E-state index contributed by atoms with van der Waals surface area (Å²) >= 11 is 0. The van der Waals surface area contributed by atoms with Crippen molar-refractivity contribution in [2.45, 2.75) is 16.6 Å². The van der Waals surface area contributed by atoms with Crippen molar-refractivity contribution in [2.24, 2.45) is 0 Å². The molecule has 3 aromatic rings. The lowest BCUT2D eigenvalue weighted by Gasteiger charge is -2.18. The van der Waals surface area contributed by atoms with Crippen molar-refractivity contribution in [3.63, 3.8) is 0 Å². The van der Waals surface area contributed by atoms with Gasteiger partial charge in [-0.15, -0.1) is 0 Å². The number of ether oxygens (including phenoxy) is 1. The number of sulfone groups is 1. The molecule has 0 radical (unpaired) electrons. The molecule has 0 saturated carbocycles. The number of hydrogen-bond acceptors (Lipinski definition) is 4. The Balaban J connectivity index is 1.97. The molecule has 5 heteroatoms. The molecule has 138 valence electrons. The number of carbonyl (C=O) groups is 1. The molecular weight excluding hydrogens is 360 g/mol. The van der Waals surface area contributed by atoms with Crippen molar-refractivity contribution in [3.05, 3.63) is 96.1 Å². The van der Waals surface area contributed by atoms with Gasteiger partial charge in [-0.05, 0) is 42.0 Å². The average molecular weight is 380 g/mol. The van der Waals surface area contributed by atoms with E-state index in [0.29, 0.717) is 16.9 Å². The fourth-order valence-electron chi connectivity index (χ4n) is 2.91. The van der Waals surface area contributed by atoms with Gasteiger partial charge in [0.05, 0.1) is 17.3 Å². The second-order valence-corrected chi connectivity index (χ2v) is 8.24. The summed E-state index contributed by atoms with van der Waals surface area (Å²) in [5.41, 5.74) is 1.06. The Morgan fingerprint density at radius 3 is 1.96 bits per heavy atom. The van der Waals surface area contributed by atoms with Gasteiger partial charge in [0.25, 0.3) is 0 Å². The average Bonchev–Trinajstić information content (AvgIpc) is 2.73. The Morgan fingerprint density at radius 1 is 0.852 bits per heavy atom. The number of ketones is 1. The van der Waals surface area contributed by atoms with E-state index in [4.69, 9.17) is 4.74 Å². The second-order valence-electron chi connectivity index (χ2n) is 6.11. The van der Waals surface area contributed by atoms with E-state index in [-0.39, 0.29) is 17.1 Å². The van der Waals surface area contributed by atoms with Crippen LogP contribution in [0, 0.1) is 0 Å². The molecule has 0 bridgehead atoms. The normalized spacial score (nSPS) is 12.3. The molecule has 0 aliphatic carbocycles. The zero-order valence-corrected chi connectivity index (χ0v) is 15.7. The summed E-state index contributed by atoms with van der Waals surface area (Å²) < 4.78 is 31.6. The lowest BCUT2D eigenvalue weighted by atomic mass is 10.0. The van der Waals surface area contributed by atoms with Crippen LogP contribution < -0.4 is 4.74 Å². The third kappa shape index (κ3) is 4.26. The van der Waals surface area contributed by atoms with Crippen LogP contribution in [0.4, 0.5) is 0 Å². The first-order valence-corrected chi connectivity index (χ1v) is 10.1. The number of methoxy groups -OCH3 is 1. The smallest absolute Gasteiger partial charge is 0.185 e. The number of hydrogen-bond donors (Lipinski definition) is 0. The van der Waals surface area contributed by atoms with Gasteiger partial charge in [0, 0.05) is 12.0 Å². The van der Waals surface area contributed by atoms with Gasteiger partial charge < -0.3 is 4.74 Å². The summed E-state index contributed by atoms with van der Waals surface area (Å²) in [5, 5.41) is -0.948. The predicted octanol–water partition coefficient (Wildman–Crippen LogP) is 4.48. The van der Waals surface area contributed by atoms with Crippen molar-refractivity contribution in [3.8, 4) is 5.75 Å². The molecule has 0 N–H and O–H groups in total. The Morgan fingerprint density at radius 2 is 1.41 bits per heavy atom. The van der Waals surface area contributed by atoms with Crippen LogP contribution in [0.15, 0.2) is 89.8 Å². The van der Waals surface area contributed by atoms with Crippen LogP contribution in [-0.4, -0.2) is 21.3 Å². The minimum Gasteiger partial charge on any atom is -0.497 e. The first kappa shape index (κ1) is 18.9. The van der Waals surface area contributed by atoms with E-state index in [2.05, 4.69) is 0 Å². The monoisotopic (exact) mass is 380 g/mol. The van der Waals surface area contributed by atoms with E-state index in [1.165, 1.54) is 0 Å². The second kappa shape index (κ2) is 8.18. The molecule has 0 amide bonds. The highest BCUT2D eigenvalue weighted by Crippen LogP contribution is 2.33. The SMILES string of the molecule is COc1ccc(C(=O)C[C@H](c2ccccc2)S(=O)(=O)c2ccccc2)cc1. The van der Waals surface area contributed by atoms with Crippen LogP contribution in [0.3, 0.4) is 0 Å². The van der Waals surface area contributed by atoms with Crippen LogP contribution >= 0.6 is 0 Å². The van der Waals surface area contributed by atoms with Gasteiger partial charge in [-0.25, -0.2) is 8.42 Å². The standard InChI is InChI=1S/C22H20O4S/c1-26-19-14-12-17(13-15-19)21(23)16-22(18-8-4-2-5-9-18)27(24,25)20-10-6-3-7-11-20/h2-15,22H,16H2,1H3/t22-/m1/s1. The molecule has 0 aliphatic rings. The topological polar surface area (TPSA) is 60.4 Å². The summed E-state index contributed by atoms with van der Waals surface area (Å²) in [5.74, 6) is 0.411. The highest BCUT2D eigenvalue weighted by molar-refractivity contribution is 7.91. The number of benzene rings is 3. The zero-order chi connectivity index (χ0) is 19.3. The van der Waals surface area contributed by atoms with Crippen molar-refractivity contribution < 1.29 is 17.9 Å². The van der Waals surface area contributed by atoms with Gasteiger partial charge in [0.15, 0.2) is 15.6 Å². The lowest BCUT2D eigenvalue weighted by Crippen LogP contribution is -2.18. The lowest BCUT2D eigenvalue weighted by molar-refractivity contribution is 0.0980. The Labute approximate surface area is 159 Å². The van der Waals surface area contributed by atoms with Crippen molar-refractivity contribution in [2.75, 3.05) is 7.11 Å².